The van der Waals surface area contributed by atoms with Crippen molar-refractivity contribution in [1.29, 1.82) is 0 Å². The quantitative estimate of drug-likeness (QED) is 0.804. The number of benzene rings is 1. The summed E-state index contributed by atoms with van der Waals surface area (Å²) in [4.78, 5) is 16.2. The van der Waals surface area contributed by atoms with Gasteiger partial charge in [-0.05, 0) is 18.4 Å². The summed E-state index contributed by atoms with van der Waals surface area (Å²) < 4.78 is 6.68. The number of methoxy groups -OCH3 is 1. The van der Waals surface area contributed by atoms with Gasteiger partial charge >= 0.3 is 5.97 Å². The highest BCUT2D eigenvalue weighted by molar-refractivity contribution is 5.72. The Balaban J connectivity index is 1.65. The van der Waals surface area contributed by atoms with Gasteiger partial charge in [0.15, 0.2) is 5.82 Å². The van der Waals surface area contributed by atoms with Crippen LogP contribution < -0.4 is 0 Å². The minimum absolute atomic E-state index is 0.0915. The number of carbonyl (C=O) groups is 1. The standard InChI is InChI=1S/C16H19N3O2/c1-21-16(20)13-8-10-15-17-14(18-19(15)11-13)9-7-12-5-3-2-4-6-12/h2-6,13H,7-11H2,1H3. The van der Waals surface area contributed by atoms with E-state index in [1.807, 2.05) is 22.9 Å². The lowest BCUT2D eigenvalue weighted by molar-refractivity contribution is -0.146. The van der Waals surface area contributed by atoms with E-state index in [0.29, 0.717) is 6.54 Å². The molecule has 3 rings (SSSR count). The summed E-state index contributed by atoms with van der Waals surface area (Å²) in [6.07, 6.45) is 3.35. The maximum absolute atomic E-state index is 11.6. The predicted octanol–water partition coefficient (Wildman–Crippen LogP) is 1.80. The normalized spacial score (nSPS) is 17.3. The number of hydrogen-bond donors (Lipinski definition) is 0. The van der Waals surface area contributed by atoms with Gasteiger partial charge in [0.1, 0.15) is 5.82 Å². The fourth-order valence-electron chi connectivity index (χ4n) is 2.73. The zero-order valence-electron chi connectivity index (χ0n) is 12.2. The molecular formula is C16H19N3O2. The number of ether oxygens (including phenoxy) is 1. The van der Waals surface area contributed by atoms with Gasteiger partial charge in [0, 0.05) is 12.8 Å². The van der Waals surface area contributed by atoms with Crippen molar-refractivity contribution in [3.8, 4) is 0 Å². The maximum atomic E-state index is 11.6. The molecule has 21 heavy (non-hydrogen) atoms. The van der Waals surface area contributed by atoms with Gasteiger partial charge in [0.2, 0.25) is 0 Å². The number of nitrogens with zero attached hydrogens (tertiary/aromatic N) is 3. The molecule has 5 nitrogen and oxygen atoms in total. The molecule has 0 fully saturated rings. The van der Waals surface area contributed by atoms with Crippen LogP contribution in [0.5, 0.6) is 0 Å². The van der Waals surface area contributed by atoms with Crippen LogP contribution in [0.4, 0.5) is 0 Å². The first-order valence-corrected chi connectivity index (χ1v) is 7.30. The van der Waals surface area contributed by atoms with Gasteiger partial charge < -0.3 is 4.74 Å². The molecule has 1 aromatic carbocycles. The number of aryl methyl sites for hydroxylation is 3. The van der Waals surface area contributed by atoms with Crippen molar-refractivity contribution in [2.45, 2.75) is 32.2 Å². The summed E-state index contributed by atoms with van der Waals surface area (Å²) in [7, 11) is 1.43. The molecule has 0 saturated heterocycles. The zero-order chi connectivity index (χ0) is 14.7. The molecule has 0 N–H and O–H groups in total. The van der Waals surface area contributed by atoms with Crippen LogP contribution >= 0.6 is 0 Å². The topological polar surface area (TPSA) is 57.0 Å². The van der Waals surface area contributed by atoms with Crippen LogP contribution in [0.25, 0.3) is 0 Å². The molecule has 0 spiro atoms. The first-order chi connectivity index (χ1) is 10.3. The van der Waals surface area contributed by atoms with Gasteiger partial charge in [-0.1, -0.05) is 30.3 Å². The number of aromatic nitrogens is 3. The molecule has 0 bridgehead atoms. The number of rotatable bonds is 4. The lowest BCUT2D eigenvalue weighted by Gasteiger charge is -2.19. The molecule has 0 saturated carbocycles. The van der Waals surface area contributed by atoms with E-state index < -0.39 is 0 Å². The molecule has 110 valence electrons. The van der Waals surface area contributed by atoms with Crippen molar-refractivity contribution in [3.05, 3.63) is 47.5 Å². The second-order valence-corrected chi connectivity index (χ2v) is 5.37. The van der Waals surface area contributed by atoms with Crippen LogP contribution in [-0.2, 0) is 35.3 Å². The number of carbonyl (C=O) groups excluding carboxylic acids is 1. The highest BCUT2D eigenvalue weighted by Gasteiger charge is 2.27. The molecule has 1 aliphatic rings. The summed E-state index contributed by atoms with van der Waals surface area (Å²) in [5.41, 5.74) is 1.29. The third kappa shape index (κ3) is 3.12. The van der Waals surface area contributed by atoms with Crippen LogP contribution in [-0.4, -0.2) is 27.8 Å². The molecule has 0 amide bonds. The second kappa shape index (κ2) is 6.08. The summed E-state index contributed by atoms with van der Waals surface area (Å²) >= 11 is 0. The van der Waals surface area contributed by atoms with Gasteiger partial charge in [-0.2, -0.15) is 5.10 Å². The SMILES string of the molecule is COC(=O)C1CCc2nc(CCc3ccccc3)nn2C1. The molecule has 1 unspecified atom stereocenters. The largest absolute Gasteiger partial charge is 0.469 e. The van der Waals surface area contributed by atoms with E-state index >= 15 is 0 Å². The van der Waals surface area contributed by atoms with Crippen molar-refractivity contribution in [2.75, 3.05) is 7.11 Å². The first-order valence-electron chi connectivity index (χ1n) is 7.30. The van der Waals surface area contributed by atoms with E-state index in [1.165, 1.54) is 12.7 Å². The summed E-state index contributed by atoms with van der Waals surface area (Å²) in [6, 6.07) is 10.3. The second-order valence-electron chi connectivity index (χ2n) is 5.37. The van der Waals surface area contributed by atoms with Crippen molar-refractivity contribution in [2.24, 2.45) is 5.92 Å². The highest BCUT2D eigenvalue weighted by Crippen LogP contribution is 2.19. The highest BCUT2D eigenvalue weighted by atomic mass is 16.5. The van der Waals surface area contributed by atoms with Crippen LogP contribution in [0.3, 0.4) is 0 Å². The fourth-order valence-corrected chi connectivity index (χ4v) is 2.73. The van der Waals surface area contributed by atoms with Crippen molar-refractivity contribution >= 4 is 5.97 Å². The average molecular weight is 285 g/mol. The molecule has 0 radical (unpaired) electrons. The lowest BCUT2D eigenvalue weighted by atomic mass is 10.0. The van der Waals surface area contributed by atoms with Crippen molar-refractivity contribution < 1.29 is 9.53 Å². The van der Waals surface area contributed by atoms with Gasteiger partial charge in [-0.25, -0.2) is 9.67 Å². The Morgan fingerprint density at radius 1 is 1.33 bits per heavy atom. The maximum Gasteiger partial charge on any atom is 0.310 e. The number of esters is 1. The van der Waals surface area contributed by atoms with Crippen molar-refractivity contribution in [1.82, 2.24) is 14.8 Å². The Morgan fingerprint density at radius 2 is 2.14 bits per heavy atom. The molecule has 5 heteroatoms. The van der Waals surface area contributed by atoms with Gasteiger partial charge in [0.25, 0.3) is 0 Å². The van der Waals surface area contributed by atoms with Crippen LogP contribution in [0.15, 0.2) is 30.3 Å². The molecular weight excluding hydrogens is 266 g/mol. The molecule has 2 heterocycles. The van der Waals surface area contributed by atoms with Gasteiger partial charge in [-0.3, -0.25) is 4.79 Å². The zero-order valence-corrected chi connectivity index (χ0v) is 12.2. The fraction of sp³-hybridized carbons (Fsp3) is 0.438. The molecule has 0 aliphatic carbocycles. The third-order valence-corrected chi connectivity index (χ3v) is 3.92. The van der Waals surface area contributed by atoms with E-state index in [9.17, 15) is 4.79 Å². The van der Waals surface area contributed by atoms with E-state index in [-0.39, 0.29) is 11.9 Å². The monoisotopic (exact) mass is 285 g/mol. The molecule has 1 atom stereocenters. The lowest BCUT2D eigenvalue weighted by Crippen LogP contribution is -2.28. The smallest absolute Gasteiger partial charge is 0.310 e. The summed E-state index contributed by atoms with van der Waals surface area (Å²) in [5, 5.41) is 4.53. The Kier molecular flexibility index (Phi) is 3.99. The Labute approximate surface area is 124 Å². The number of fused-ring (bicyclic) bond motifs is 1. The molecule has 1 aliphatic heterocycles. The third-order valence-electron chi connectivity index (χ3n) is 3.92. The number of hydrogen-bond acceptors (Lipinski definition) is 4. The minimum atomic E-state index is -0.151. The van der Waals surface area contributed by atoms with E-state index in [2.05, 4.69) is 22.2 Å². The van der Waals surface area contributed by atoms with Crippen LogP contribution in [0.2, 0.25) is 0 Å². The summed E-state index contributed by atoms with van der Waals surface area (Å²) in [5.74, 6) is 1.60. The van der Waals surface area contributed by atoms with E-state index in [4.69, 9.17) is 4.74 Å². The van der Waals surface area contributed by atoms with Crippen LogP contribution in [0, 0.1) is 5.92 Å². The van der Waals surface area contributed by atoms with Gasteiger partial charge in [0.05, 0.1) is 19.6 Å². The van der Waals surface area contributed by atoms with Crippen LogP contribution in [0.1, 0.15) is 23.6 Å². The van der Waals surface area contributed by atoms with Crippen molar-refractivity contribution in [3.63, 3.8) is 0 Å². The minimum Gasteiger partial charge on any atom is -0.469 e. The molecule has 2 aromatic rings. The Hall–Kier alpha value is -2.17. The predicted molar refractivity (Wildman–Crippen MR) is 77.7 cm³/mol. The Bertz CT molecular complexity index is 622. The Morgan fingerprint density at radius 3 is 2.90 bits per heavy atom. The molecule has 1 aromatic heterocycles. The van der Waals surface area contributed by atoms with Gasteiger partial charge in [-0.15, -0.1) is 0 Å². The summed E-state index contributed by atoms with van der Waals surface area (Å²) in [6.45, 7) is 0.584. The first kappa shape index (κ1) is 13.8. The average Bonchev–Trinajstić information content (AvgIpc) is 2.95. The van der Waals surface area contributed by atoms with E-state index in [0.717, 1.165) is 37.3 Å². The van der Waals surface area contributed by atoms with E-state index in [1.54, 1.807) is 0 Å².